The zero-order valence-electron chi connectivity index (χ0n) is 13.8. The highest BCUT2D eigenvalue weighted by Crippen LogP contribution is 2.30. The third-order valence-corrected chi connectivity index (χ3v) is 3.97. The maximum atomic E-state index is 13.0. The van der Waals surface area contributed by atoms with E-state index in [-0.39, 0.29) is 11.6 Å². The second-order valence-electron chi connectivity index (χ2n) is 4.86. The van der Waals surface area contributed by atoms with E-state index in [2.05, 4.69) is 20.8 Å². The van der Waals surface area contributed by atoms with Crippen molar-refractivity contribution in [3.63, 3.8) is 0 Å². The minimum atomic E-state index is -4.76. The Bertz CT molecular complexity index is 1000. The Labute approximate surface area is 152 Å². The van der Waals surface area contributed by atoms with E-state index in [0.717, 1.165) is 23.0 Å². The summed E-state index contributed by atoms with van der Waals surface area (Å²) in [6.07, 6.45) is -3.95. The number of benzene rings is 1. The van der Waals surface area contributed by atoms with E-state index < -0.39 is 27.0 Å². The Morgan fingerprint density at radius 1 is 1.07 bits per heavy atom. The maximum absolute atomic E-state index is 13.0. The van der Waals surface area contributed by atoms with Crippen molar-refractivity contribution in [3.05, 3.63) is 54.5 Å². The van der Waals surface area contributed by atoms with Crippen molar-refractivity contribution in [3.8, 4) is 17.2 Å². The molecule has 3 N–H and O–H groups in total. The number of pyridine rings is 1. The van der Waals surface area contributed by atoms with Crippen molar-refractivity contribution in [1.29, 1.82) is 0 Å². The largest absolute Gasteiger partial charge is 0.453 e. The van der Waals surface area contributed by atoms with Crippen LogP contribution in [0.5, 0.6) is 0 Å². The van der Waals surface area contributed by atoms with Gasteiger partial charge in [-0.05, 0) is 19.2 Å². The van der Waals surface area contributed by atoms with Gasteiger partial charge in [-0.1, -0.05) is 30.3 Å². The average Bonchev–Trinajstić information content (AvgIpc) is 3.09. The Balaban J connectivity index is 0.00000126. The number of nitrogens with zero attached hydrogens (tertiary/aromatic N) is 4. The number of halogens is 3. The average molecular weight is 401 g/mol. The van der Waals surface area contributed by atoms with Gasteiger partial charge in [-0.2, -0.15) is 26.3 Å². The molecular formula is C15H14F3N5O3S. The topological polar surface area (TPSA) is 124 Å². The lowest BCUT2D eigenvalue weighted by molar-refractivity contribution is -0.144. The van der Waals surface area contributed by atoms with E-state index >= 15 is 0 Å². The normalized spacial score (nSPS) is 11.6. The van der Waals surface area contributed by atoms with Gasteiger partial charge in [0.05, 0.1) is 6.20 Å². The first kappa shape index (κ1) is 20.5. The standard InChI is InChI=1S/C14H9F3N4O3S.CH5N/c15-14(16,17)13-19-12(9-4-2-1-3-5-9)21(20-13)11-7-6-10(8-18-11)25(22,23)24;1-2/h1-8H,(H,22,23,24);2H2,1H3. The van der Waals surface area contributed by atoms with E-state index in [0.29, 0.717) is 5.56 Å². The van der Waals surface area contributed by atoms with Crippen LogP contribution in [0, 0.1) is 0 Å². The van der Waals surface area contributed by atoms with Crippen molar-refractivity contribution in [2.75, 3.05) is 7.05 Å². The zero-order chi connectivity index (χ0) is 20.2. The first-order valence-electron chi connectivity index (χ1n) is 7.27. The molecule has 0 fully saturated rings. The molecule has 12 heteroatoms. The molecule has 2 heterocycles. The summed E-state index contributed by atoms with van der Waals surface area (Å²) in [6.45, 7) is 0. The van der Waals surface area contributed by atoms with E-state index in [1.54, 1.807) is 30.3 Å². The van der Waals surface area contributed by atoms with Crippen molar-refractivity contribution in [2.45, 2.75) is 11.1 Å². The summed E-state index contributed by atoms with van der Waals surface area (Å²) >= 11 is 0. The molecule has 0 bridgehead atoms. The fourth-order valence-electron chi connectivity index (χ4n) is 2.02. The van der Waals surface area contributed by atoms with Crippen LogP contribution in [-0.2, 0) is 16.3 Å². The molecule has 3 aromatic rings. The Morgan fingerprint density at radius 2 is 1.70 bits per heavy atom. The summed E-state index contributed by atoms with van der Waals surface area (Å²) in [5.41, 5.74) is 4.87. The van der Waals surface area contributed by atoms with Gasteiger partial charge in [-0.25, -0.2) is 9.97 Å². The lowest BCUT2D eigenvalue weighted by Crippen LogP contribution is -2.09. The quantitative estimate of drug-likeness (QED) is 0.645. The van der Waals surface area contributed by atoms with Crippen LogP contribution in [0.3, 0.4) is 0 Å². The van der Waals surface area contributed by atoms with Gasteiger partial charge in [0.15, 0.2) is 11.6 Å². The Hall–Kier alpha value is -2.83. The van der Waals surface area contributed by atoms with E-state index in [4.69, 9.17) is 4.55 Å². The molecule has 8 nitrogen and oxygen atoms in total. The molecule has 0 atom stereocenters. The van der Waals surface area contributed by atoms with E-state index in [9.17, 15) is 21.6 Å². The van der Waals surface area contributed by atoms with Crippen LogP contribution in [-0.4, -0.2) is 39.8 Å². The molecule has 0 saturated heterocycles. The minimum Gasteiger partial charge on any atom is -0.333 e. The summed E-state index contributed by atoms with van der Waals surface area (Å²) in [5, 5.41) is 3.43. The molecule has 0 aliphatic heterocycles. The van der Waals surface area contributed by atoms with Crippen molar-refractivity contribution >= 4 is 10.1 Å². The predicted octanol–water partition coefficient (Wildman–Crippen LogP) is 2.17. The Morgan fingerprint density at radius 3 is 2.19 bits per heavy atom. The molecule has 0 aliphatic carbocycles. The van der Waals surface area contributed by atoms with Gasteiger partial charge in [-0.3, -0.25) is 4.55 Å². The maximum Gasteiger partial charge on any atom is 0.453 e. The van der Waals surface area contributed by atoms with Crippen LogP contribution in [0.25, 0.3) is 17.2 Å². The summed E-state index contributed by atoms with van der Waals surface area (Å²) in [5.74, 6) is -1.55. The van der Waals surface area contributed by atoms with Crippen molar-refractivity contribution < 1.29 is 26.1 Å². The molecule has 0 aliphatic rings. The second kappa shape index (κ2) is 7.82. The molecule has 3 rings (SSSR count). The minimum absolute atomic E-state index is 0.0887. The zero-order valence-corrected chi connectivity index (χ0v) is 14.6. The van der Waals surface area contributed by atoms with Gasteiger partial charge in [0, 0.05) is 5.56 Å². The Kier molecular flexibility index (Phi) is 5.93. The monoisotopic (exact) mass is 401 g/mol. The molecule has 144 valence electrons. The molecule has 2 aromatic heterocycles. The summed E-state index contributed by atoms with van der Waals surface area (Å²) in [6, 6.07) is 10.1. The first-order chi connectivity index (χ1) is 12.7. The van der Waals surface area contributed by atoms with E-state index in [1.807, 2.05) is 0 Å². The first-order valence-corrected chi connectivity index (χ1v) is 8.71. The molecule has 0 saturated carbocycles. The number of aromatic nitrogens is 4. The highest BCUT2D eigenvalue weighted by atomic mass is 32.2. The number of hydrogen-bond acceptors (Lipinski definition) is 6. The summed E-state index contributed by atoms with van der Waals surface area (Å²) in [4.78, 5) is 6.78. The van der Waals surface area contributed by atoms with Gasteiger partial charge in [-0.15, -0.1) is 5.10 Å². The summed E-state index contributed by atoms with van der Waals surface area (Å²) in [7, 11) is -2.97. The number of hydrogen-bond donors (Lipinski definition) is 2. The number of rotatable bonds is 3. The predicted molar refractivity (Wildman–Crippen MR) is 89.5 cm³/mol. The second-order valence-corrected chi connectivity index (χ2v) is 6.28. The molecule has 0 unspecified atom stereocenters. The third-order valence-electron chi connectivity index (χ3n) is 3.13. The van der Waals surface area contributed by atoms with Crippen LogP contribution in [0.4, 0.5) is 13.2 Å². The fourth-order valence-corrected chi connectivity index (χ4v) is 2.44. The number of alkyl halides is 3. The van der Waals surface area contributed by atoms with Crippen LogP contribution in [0.15, 0.2) is 53.6 Å². The molecule has 1 aromatic carbocycles. The third kappa shape index (κ3) is 4.67. The molecule has 27 heavy (non-hydrogen) atoms. The molecular weight excluding hydrogens is 387 g/mol. The molecule has 0 radical (unpaired) electrons. The summed E-state index contributed by atoms with van der Waals surface area (Å²) < 4.78 is 70.8. The lowest BCUT2D eigenvalue weighted by atomic mass is 10.2. The van der Waals surface area contributed by atoms with Crippen molar-refractivity contribution in [2.24, 2.45) is 5.73 Å². The smallest absolute Gasteiger partial charge is 0.333 e. The van der Waals surface area contributed by atoms with Gasteiger partial charge in [0.25, 0.3) is 15.9 Å². The lowest BCUT2D eigenvalue weighted by Gasteiger charge is -2.05. The fraction of sp³-hybridized carbons (Fsp3) is 0.133. The van der Waals surface area contributed by atoms with Crippen LogP contribution in [0.2, 0.25) is 0 Å². The van der Waals surface area contributed by atoms with Crippen molar-refractivity contribution in [1.82, 2.24) is 19.7 Å². The SMILES string of the molecule is CN.O=S(=O)(O)c1ccc(-n2nc(C(F)(F)F)nc2-c2ccccc2)nc1. The van der Waals surface area contributed by atoms with Gasteiger partial charge >= 0.3 is 6.18 Å². The van der Waals surface area contributed by atoms with Gasteiger partial charge < -0.3 is 5.73 Å². The number of nitrogens with two attached hydrogens (primary N) is 1. The van der Waals surface area contributed by atoms with Crippen LogP contribution >= 0.6 is 0 Å². The molecule has 0 spiro atoms. The highest BCUT2D eigenvalue weighted by Gasteiger charge is 2.37. The highest BCUT2D eigenvalue weighted by molar-refractivity contribution is 7.85. The molecule has 0 amide bonds. The van der Waals surface area contributed by atoms with Crippen LogP contribution < -0.4 is 5.73 Å². The van der Waals surface area contributed by atoms with Gasteiger partial charge in [0.2, 0.25) is 0 Å². The van der Waals surface area contributed by atoms with Gasteiger partial charge in [0.1, 0.15) is 4.90 Å². The van der Waals surface area contributed by atoms with E-state index in [1.165, 1.54) is 7.05 Å². The van der Waals surface area contributed by atoms with Crippen LogP contribution in [0.1, 0.15) is 5.82 Å².